The molecule has 18 heavy (non-hydrogen) atoms. The van der Waals surface area contributed by atoms with Gasteiger partial charge in [0.2, 0.25) is 0 Å². The van der Waals surface area contributed by atoms with Gasteiger partial charge in [-0.25, -0.2) is 4.98 Å². The lowest BCUT2D eigenvalue weighted by atomic mass is 9.94. The third-order valence-electron chi connectivity index (χ3n) is 3.60. The molecule has 1 aliphatic heterocycles. The van der Waals surface area contributed by atoms with Crippen molar-refractivity contribution in [3.8, 4) is 6.07 Å². The van der Waals surface area contributed by atoms with E-state index in [1.54, 1.807) is 0 Å². The topological polar surface area (TPSA) is 64.5 Å². The molecule has 0 atom stereocenters. The van der Waals surface area contributed by atoms with Gasteiger partial charge in [-0.15, -0.1) is 0 Å². The third-order valence-corrected chi connectivity index (χ3v) is 3.60. The molecule has 2 aromatic rings. The maximum absolute atomic E-state index is 8.87. The summed E-state index contributed by atoms with van der Waals surface area (Å²) in [7, 11) is 0. The van der Waals surface area contributed by atoms with Crippen molar-refractivity contribution in [3.05, 3.63) is 29.6 Å². The highest BCUT2D eigenvalue weighted by atomic mass is 14.9. The Balaban J connectivity index is 1.82. The van der Waals surface area contributed by atoms with Crippen LogP contribution in [0.25, 0.3) is 11.0 Å². The summed E-state index contributed by atoms with van der Waals surface area (Å²) in [5, 5.41) is 12.2. The number of fused-ring (bicyclic) bond motifs is 1. The second kappa shape index (κ2) is 4.79. The second-order valence-corrected chi connectivity index (χ2v) is 4.92. The van der Waals surface area contributed by atoms with Crippen molar-refractivity contribution >= 4 is 11.0 Å². The molecule has 92 valence electrons. The summed E-state index contributed by atoms with van der Waals surface area (Å²) in [5.41, 5.74) is 2.61. The number of nitriles is 1. The Hall–Kier alpha value is -1.86. The van der Waals surface area contributed by atoms with Crippen LogP contribution in [0.15, 0.2) is 18.2 Å². The fourth-order valence-electron chi connectivity index (χ4n) is 2.59. The van der Waals surface area contributed by atoms with E-state index in [-0.39, 0.29) is 0 Å². The summed E-state index contributed by atoms with van der Waals surface area (Å²) >= 11 is 0. The van der Waals surface area contributed by atoms with E-state index in [9.17, 15) is 0 Å². The Morgan fingerprint density at radius 1 is 1.33 bits per heavy atom. The van der Waals surface area contributed by atoms with Crippen molar-refractivity contribution in [2.24, 2.45) is 5.92 Å². The molecule has 0 amide bonds. The van der Waals surface area contributed by atoms with E-state index < -0.39 is 0 Å². The SMILES string of the molecule is N#Cc1ccc2nc(CC3CCNCC3)[nH]c2c1. The van der Waals surface area contributed by atoms with Crippen LogP contribution in [0.3, 0.4) is 0 Å². The van der Waals surface area contributed by atoms with Crippen molar-refractivity contribution in [3.63, 3.8) is 0 Å². The standard InChI is InChI=1S/C14H16N4/c15-9-11-1-2-12-13(7-11)18-14(17-12)8-10-3-5-16-6-4-10/h1-2,7,10,16H,3-6,8H2,(H,17,18). The average Bonchev–Trinajstić information content (AvgIpc) is 2.80. The summed E-state index contributed by atoms with van der Waals surface area (Å²) in [5.74, 6) is 1.77. The van der Waals surface area contributed by atoms with Crippen LogP contribution in [0.2, 0.25) is 0 Å². The van der Waals surface area contributed by atoms with Gasteiger partial charge in [0, 0.05) is 6.42 Å². The molecule has 0 aliphatic carbocycles. The highest BCUT2D eigenvalue weighted by Crippen LogP contribution is 2.19. The maximum atomic E-state index is 8.87. The molecule has 0 radical (unpaired) electrons. The number of imidazole rings is 1. The van der Waals surface area contributed by atoms with Crippen LogP contribution >= 0.6 is 0 Å². The number of benzene rings is 1. The van der Waals surface area contributed by atoms with Crippen molar-refractivity contribution in [1.82, 2.24) is 15.3 Å². The molecule has 4 heteroatoms. The van der Waals surface area contributed by atoms with Crippen LogP contribution < -0.4 is 5.32 Å². The molecule has 1 aromatic heterocycles. The fraction of sp³-hybridized carbons (Fsp3) is 0.429. The number of H-pyrrole nitrogens is 1. The number of hydrogen-bond acceptors (Lipinski definition) is 3. The largest absolute Gasteiger partial charge is 0.342 e. The summed E-state index contributed by atoms with van der Waals surface area (Å²) in [6.07, 6.45) is 3.46. The van der Waals surface area contributed by atoms with Gasteiger partial charge in [0.1, 0.15) is 5.82 Å². The molecule has 4 nitrogen and oxygen atoms in total. The summed E-state index contributed by atoms with van der Waals surface area (Å²) in [6, 6.07) is 7.75. The highest BCUT2D eigenvalue weighted by Gasteiger charge is 2.15. The van der Waals surface area contributed by atoms with Crippen LogP contribution in [0, 0.1) is 17.2 Å². The quantitative estimate of drug-likeness (QED) is 0.843. The van der Waals surface area contributed by atoms with Gasteiger partial charge in [-0.1, -0.05) is 0 Å². The minimum absolute atomic E-state index is 0.680. The lowest BCUT2D eigenvalue weighted by Crippen LogP contribution is -2.28. The minimum Gasteiger partial charge on any atom is -0.342 e. The number of nitrogens with zero attached hydrogens (tertiary/aromatic N) is 2. The third kappa shape index (κ3) is 2.22. The van der Waals surface area contributed by atoms with Crippen molar-refractivity contribution in [2.45, 2.75) is 19.3 Å². The number of aromatic nitrogens is 2. The minimum atomic E-state index is 0.680. The number of piperidine rings is 1. The Bertz CT molecular complexity index is 587. The first-order valence-electron chi connectivity index (χ1n) is 6.44. The van der Waals surface area contributed by atoms with Crippen molar-refractivity contribution < 1.29 is 0 Å². The number of nitrogens with one attached hydrogen (secondary N) is 2. The normalized spacial score (nSPS) is 16.8. The van der Waals surface area contributed by atoms with Crippen LogP contribution in [-0.2, 0) is 6.42 Å². The van der Waals surface area contributed by atoms with Crippen LogP contribution in [-0.4, -0.2) is 23.1 Å². The van der Waals surface area contributed by atoms with Gasteiger partial charge in [0.25, 0.3) is 0 Å². The lowest BCUT2D eigenvalue weighted by Gasteiger charge is -2.21. The Morgan fingerprint density at radius 3 is 2.94 bits per heavy atom. The van der Waals surface area contributed by atoms with E-state index >= 15 is 0 Å². The van der Waals surface area contributed by atoms with E-state index in [1.807, 2.05) is 18.2 Å². The van der Waals surface area contributed by atoms with Gasteiger partial charge < -0.3 is 10.3 Å². The highest BCUT2D eigenvalue weighted by molar-refractivity contribution is 5.76. The molecule has 0 saturated carbocycles. The summed E-state index contributed by atoms with van der Waals surface area (Å²) in [6.45, 7) is 2.23. The molecule has 1 aromatic carbocycles. The van der Waals surface area contributed by atoms with Crippen LogP contribution in [0.4, 0.5) is 0 Å². The van der Waals surface area contributed by atoms with Gasteiger partial charge in [0.05, 0.1) is 22.7 Å². The van der Waals surface area contributed by atoms with Crippen LogP contribution in [0.1, 0.15) is 24.2 Å². The average molecular weight is 240 g/mol. The van der Waals surface area contributed by atoms with Gasteiger partial charge >= 0.3 is 0 Å². The molecule has 0 unspecified atom stereocenters. The monoisotopic (exact) mass is 240 g/mol. The number of aromatic amines is 1. The predicted octanol–water partition coefficient (Wildman–Crippen LogP) is 1.98. The predicted molar refractivity (Wildman–Crippen MR) is 70.1 cm³/mol. The van der Waals surface area contributed by atoms with Crippen molar-refractivity contribution in [1.29, 1.82) is 5.26 Å². The molecule has 2 heterocycles. The first-order valence-corrected chi connectivity index (χ1v) is 6.44. The van der Waals surface area contributed by atoms with Crippen molar-refractivity contribution in [2.75, 3.05) is 13.1 Å². The zero-order chi connectivity index (χ0) is 12.4. The van der Waals surface area contributed by atoms with E-state index in [0.29, 0.717) is 5.56 Å². The maximum Gasteiger partial charge on any atom is 0.107 e. The van der Waals surface area contributed by atoms with E-state index in [1.165, 1.54) is 12.8 Å². The molecule has 3 rings (SSSR count). The number of rotatable bonds is 2. The molecular formula is C14H16N4. The Kier molecular flexibility index (Phi) is 2.99. The molecule has 1 saturated heterocycles. The van der Waals surface area contributed by atoms with E-state index in [0.717, 1.165) is 42.3 Å². The van der Waals surface area contributed by atoms with Gasteiger partial charge in [-0.2, -0.15) is 5.26 Å². The Labute approximate surface area is 106 Å². The van der Waals surface area contributed by atoms with Gasteiger partial charge in [0.15, 0.2) is 0 Å². The molecule has 0 spiro atoms. The second-order valence-electron chi connectivity index (χ2n) is 4.92. The summed E-state index contributed by atoms with van der Waals surface area (Å²) in [4.78, 5) is 7.93. The van der Waals surface area contributed by atoms with Gasteiger partial charge in [-0.3, -0.25) is 0 Å². The first kappa shape index (κ1) is 11.2. The first-order chi connectivity index (χ1) is 8.85. The lowest BCUT2D eigenvalue weighted by molar-refractivity contribution is 0.368. The summed E-state index contributed by atoms with van der Waals surface area (Å²) < 4.78 is 0. The zero-order valence-electron chi connectivity index (χ0n) is 10.2. The smallest absolute Gasteiger partial charge is 0.107 e. The van der Waals surface area contributed by atoms with Crippen LogP contribution in [0.5, 0.6) is 0 Å². The van der Waals surface area contributed by atoms with Gasteiger partial charge in [-0.05, 0) is 50.0 Å². The molecule has 1 aliphatic rings. The molecule has 2 N–H and O–H groups in total. The number of hydrogen-bond donors (Lipinski definition) is 2. The fourth-order valence-corrected chi connectivity index (χ4v) is 2.59. The molecular weight excluding hydrogens is 224 g/mol. The zero-order valence-corrected chi connectivity index (χ0v) is 10.2. The molecule has 0 bridgehead atoms. The molecule has 1 fully saturated rings. The Morgan fingerprint density at radius 2 is 2.17 bits per heavy atom. The van der Waals surface area contributed by atoms with E-state index in [2.05, 4.69) is 21.4 Å². The van der Waals surface area contributed by atoms with E-state index in [4.69, 9.17) is 5.26 Å².